The van der Waals surface area contributed by atoms with Crippen molar-refractivity contribution < 1.29 is 22.7 Å². The highest BCUT2D eigenvalue weighted by atomic mass is 32.1. The molecule has 0 fully saturated rings. The van der Waals surface area contributed by atoms with E-state index in [1.165, 1.54) is 19.4 Å². The van der Waals surface area contributed by atoms with Crippen molar-refractivity contribution in [3.05, 3.63) is 51.5 Å². The van der Waals surface area contributed by atoms with E-state index in [4.69, 9.17) is 0 Å². The van der Waals surface area contributed by atoms with Crippen LogP contribution in [0.2, 0.25) is 0 Å². The molecule has 0 aliphatic rings. The predicted molar refractivity (Wildman–Crippen MR) is 67.7 cm³/mol. The zero-order valence-electron chi connectivity index (χ0n) is 10.4. The van der Waals surface area contributed by atoms with Gasteiger partial charge >= 0.3 is 12.1 Å². The minimum Gasteiger partial charge on any atom is -0.465 e. The predicted octanol–water partition coefficient (Wildman–Crippen LogP) is 3.54. The number of thiazole rings is 1. The van der Waals surface area contributed by atoms with Crippen molar-refractivity contribution in [3.63, 3.8) is 0 Å². The second-order valence-electron chi connectivity index (χ2n) is 3.98. The summed E-state index contributed by atoms with van der Waals surface area (Å²) < 4.78 is 42.3. The summed E-state index contributed by atoms with van der Waals surface area (Å²) in [5.41, 5.74) is -0.203. The van der Waals surface area contributed by atoms with Gasteiger partial charge in [-0.25, -0.2) is 9.78 Å². The number of nitrogens with zero attached hydrogens (tertiary/aromatic N) is 1. The number of aromatic nitrogens is 1. The number of carbonyl (C=O) groups excluding carboxylic acids is 1. The molecule has 0 unspecified atom stereocenters. The Hall–Kier alpha value is -1.89. The van der Waals surface area contributed by atoms with Gasteiger partial charge in [-0.15, -0.1) is 11.3 Å². The molecule has 0 saturated carbocycles. The minimum absolute atomic E-state index is 0.242. The SMILES string of the molecule is COC(=O)c1cnc(Cc2cccc(C(F)(F)F)c2)s1. The lowest BCUT2D eigenvalue weighted by Crippen LogP contribution is -2.05. The number of halogens is 3. The molecule has 0 bridgehead atoms. The smallest absolute Gasteiger partial charge is 0.416 e. The molecule has 0 aliphatic heterocycles. The van der Waals surface area contributed by atoms with Crippen LogP contribution in [0.15, 0.2) is 30.5 Å². The maximum atomic E-state index is 12.6. The number of rotatable bonds is 3. The third-order valence-corrected chi connectivity index (χ3v) is 3.53. The van der Waals surface area contributed by atoms with E-state index in [2.05, 4.69) is 9.72 Å². The van der Waals surface area contributed by atoms with E-state index in [1.54, 1.807) is 6.07 Å². The Balaban J connectivity index is 2.18. The Labute approximate surface area is 117 Å². The number of alkyl halides is 3. The molecule has 1 aromatic carbocycles. The normalized spacial score (nSPS) is 11.4. The molecule has 106 valence electrons. The van der Waals surface area contributed by atoms with Crippen molar-refractivity contribution in [2.75, 3.05) is 7.11 Å². The molecule has 1 heterocycles. The van der Waals surface area contributed by atoms with Crippen molar-refractivity contribution in [1.82, 2.24) is 4.98 Å². The molecular weight excluding hydrogens is 291 g/mol. The average molecular weight is 301 g/mol. The van der Waals surface area contributed by atoms with Gasteiger partial charge in [0, 0.05) is 6.42 Å². The molecule has 0 amide bonds. The van der Waals surface area contributed by atoms with Crippen molar-refractivity contribution in [3.8, 4) is 0 Å². The first-order chi connectivity index (χ1) is 9.40. The van der Waals surface area contributed by atoms with Crippen molar-refractivity contribution in [1.29, 1.82) is 0 Å². The largest absolute Gasteiger partial charge is 0.465 e. The van der Waals surface area contributed by atoms with Gasteiger partial charge in [0.25, 0.3) is 0 Å². The van der Waals surface area contributed by atoms with Crippen LogP contribution in [0.25, 0.3) is 0 Å². The summed E-state index contributed by atoms with van der Waals surface area (Å²) in [6.07, 6.45) is -2.76. The van der Waals surface area contributed by atoms with Crippen molar-refractivity contribution >= 4 is 17.3 Å². The molecule has 2 rings (SSSR count). The number of hydrogen-bond acceptors (Lipinski definition) is 4. The van der Waals surface area contributed by atoms with Gasteiger partial charge in [0.2, 0.25) is 0 Å². The second-order valence-corrected chi connectivity index (χ2v) is 5.10. The minimum atomic E-state index is -4.37. The fraction of sp³-hybridized carbons (Fsp3) is 0.231. The fourth-order valence-electron chi connectivity index (χ4n) is 1.62. The summed E-state index contributed by atoms with van der Waals surface area (Å²) >= 11 is 1.11. The summed E-state index contributed by atoms with van der Waals surface area (Å²) in [4.78, 5) is 15.6. The third-order valence-electron chi connectivity index (χ3n) is 2.55. The van der Waals surface area contributed by atoms with Crippen LogP contribution in [0.1, 0.15) is 25.8 Å². The molecule has 0 aliphatic carbocycles. The molecule has 0 spiro atoms. The van der Waals surface area contributed by atoms with Gasteiger partial charge in [-0.3, -0.25) is 0 Å². The Morgan fingerprint density at radius 2 is 2.15 bits per heavy atom. The first-order valence-corrected chi connectivity index (χ1v) is 6.41. The van der Waals surface area contributed by atoms with Crippen LogP contribution >= 0.6 is 11.3 Å². The molecule has 1 aromatic heterocycles. The second kappa shape index (κ2) is 5.62. The van der Waals surface area contributed by atoms with Crippen LogP contribution < -0.4 is 0 Å². The van der Waals surface area contributed by atoms with Crippen molar-refractivity contribution in [2.24, 2.45) is 0 Å². The third kappa shape index (κ3) is 3.36. The molecule has 20 heavy (non-hydrogen) atoms. The van der Waals surface area contributed by atoms with Crippen LogP contribution in [0.5, 0.6) is 0 Å². The van der Waals surface area contributed by atoms with Crippen molar-refractivity contribution in [2.45, 2.75) is 12.6 Å². The summed E-state index contributed by atoms with van der Waals surface area (Å²) in [5.74, 6) is -0.502. The zero-order chi connectivity index (χ0) is 14.8. The number of hydrogen-bond donors (Lipinski definition) is 0. The maximum Gasteiger partial charge on any atom is 0.416 e. The Bertz CT molecular complexity index is 622. The molecule has 0 atom stereocenters. The first-order valence-electron chi connectivity index (χ1n) is 5.59. The highest BCUT2D eigenvalue weighted by molar-refractivity contribution is 7.13. The average Bonchev–Trinajstić information content (AvgIpc) is 2.85. The summed E-state index contributed by atoms with van der Waals surface area (Å²) in [7, 11) is 1.26. The Morgan fingerprint density at radius 3 is 2.80 bits per heavy atom. The van der Waals surface area contributed by atoms with Gasteiger partial charge in [0.15, 0.2) is 0 Å². The van der Waals surface area contributed by atoms with E-state index in [-0.39, 0.29) is 6.42 Å². The highest BCUT2D eigenvalue weighted by Gasteiger charge is 2.30. The van der Waals surface area contributed by atoms with Gasteiger partial charge < -0.3 is 4.74 Å². The molecule has 0 saturated heterocycles. The monoisotopic (exact) mass is 301 g/mol. The number of ether oxygens (including phenoxy) is 1. The molecule has 3 nitrogen and oxygen atoms in total. The van der Waals surface area contributed by atoms with E-state index in [1.807, 2.05) is 0 Å². The van der Waals surface area contributed by atoms with Gasteiger partial charge in [0.1, 0.15) is 4.88 Å². The first kappa shape index (κ1) is 14.5. The van der Waals surface area contributed by atoms with Crippen LogP contribution in [0.3, 0.4) is 0 Å². The summed E-state index contributed by atoms with van der Waals surface area (Å²) in [6, 6.07) is 5.05. The van der Waals surface area contributed by atoms with E-state index >= 15 is 0 Å². The van der Waals surface area contributed by atoms with Gasteiger partial charge in [-0.05, 0) is 11.6 Å². The van der Waals surface area contributed by atoms with Crippen LogP contribution in [-0.2, 0) is 17.3 Å². The lowest BCUT2D eigenvalue weighted by Gasteiger charge is -2.07. The zero-order valence-corrected chi connectivity index (χ0v) is 11.2. The number of esters is 1. The van der Waals surface area contributed by atoms with Crippen LogP contribution in [-0.4, -0.2) is 18.1 Å². The van der Waals surface area contributed by atoms with E-state index in [0.717, 1.165) is 23.5 Å². The molecule has 7 heteroatoms. The molecule has 0 radical (unpaired) electrons. The topological polar surface area (TPSA) is 39.2 Å². The van der Waals surface area contributed by atoms with E-state index in [0.29, 0.717) is 15.4 Å². The highest BCUT2D eigenvalue weighted by Crippen LogP contribution is 2.30. The van der Waals surface area contributed by atoms with E-state index in [9.17, 15) is 18.0 Å². The number of benzene rings is 1. The molecular formula is C13H10F3NO2S. The summed E-state index contributed by atoms with van der Waals surface area (Å²) in [5, 5.41) is 0.560. The Kier molecular flexibility index (Phi) is 4.08. The van der Waals surface area contributed by atoms with Gasteiger partial charge in [-0.1, -0.05) is 18.2 Å². The summed E-state index contributed by atoms with van der Waals surface area (Å²) in [6.45, 7) is 0. The maximum absolute atomic E-state index is 12.6. The number of methoxy groups -OCH3 is 1. The Morgan fingerprint density at radius 1 is 1.40 bits per heavy atom. The van der Waals surface area contributed by atoms with Gasteiger partial charge in [0.05, 0.1) is 23.9 Å². The van der Waals surface area contributed by atoms with Crippen LogP contribution in [0, 0.1) is 0 Å². The van der Waals surface area contributed by atoms with Gasteiger partial charge in [-0.2, -0.15) is 13.2 Å². The fourth-order valence-corrected chi connectivity index (χ4v) is 2.49. The van der Waals surface area contributed by atoms with Crippen LogP contribution in [0.4, 0.5) is 13.2 Å². The lowest BCUT2D eigenvalue weighted by atomic mass is 10.1. The quantitative estimate of drug-likeness (QED) is 0.814. The molecule has 2 aromatic rings. The lowest BCUT2D eigenvalue weighted by molar-refractivity contribution is -0.137. The molecule has 0 N–H and O–H groups in total. The van der Waals surface area contributed by atoms with E-state index < -0.39 is 17.7 Å². The number of carbonyl (C=O) groups is 1. The standard InChI is InChI=1S/C13H10F3NO2S/c1-19-12(18)10-7-17-11(20-10)6-8-3-2-4-9(5-8)13(14,15)16/h2-5,7H,6H2,1H3.